The maximum atomic E-state index is 13.3. The fourth-order valence-electron chi connectivity index (χ4n) is 4.99. The first-order valence-corrected chi connectivity index (χ1v) is 10.5. The van der Waals surface area contributed by atoms with Crippen LogP contribution in [0.5, 0.6) is 0 Å². The predicted octanol–water partition coefficient (Wildman–Crippen LogP) is 1.54. The average molecular weight is 394 g/mol. The van der Waals surface area contributed by atoms with Crippen LogP contribution < -0.4 is 5.32 Å². The van der Waals surface area contributed by atoms with Crippen LogP contribution in [0.15, 0.2) is 11.6 Å². The zero-order valence-electron chi connectivity index (χ0n) is 16.2. The summed E-state index contributed by atoms with van der Waals surface area (Å²) in [6.07, 6.45) is 6.29. The summed E-state index contributed by atoms with van der Waals surface area (Å²) in [4.78, 5) is 41.1. The number of nitrogens with zero attached hydrogens (tertiary/aromatic N) is 2. The van der Waals surface area contributed by atoms with Gasteiger partial charge in [0.1, 0.15) is 23.5 Å². The lowest BCUT2D eigenvalue weighted by Gasteiger charge is -2.50. The zero-order chi connectivity index (χ0) is 19.7. The zero-order valence-corrected chi connectivity index (χ0v) is 17.0. The topological polar surface area (TPSA) is 90.0 Å². The Morgan fingerprint density at radius 1 is 1.22 bits per heavy atom. The van der Waals surface area contributed by atoms with E-state index in [-0.39, 0.29) is 23.2 Å². The molecule has 1 aliphatic carbocycles. The number of allylic oxidation sites excluding steroid dienone is 1. The molecular weight excluding hydrogens is 366 g/mol. The van der Waals surface area contributed by atoms with E-state index in [1.165, 1.54) is 16.7 Å². The first-order chi connectivity index (χ1) is 12.6. The van der Waals surface area contributed by atoms with Crippen LogP contribution in [0.25, 0.3) is 0 Å². The molecule has 4 aliphatic rings. The number of carbonyl (C=O) groups is 3. The van der Waals surface area contributed by atoms with Crippen molar-refractivity contribution in [2.24, 2.45) is 0 Å². The summed E-state index contributed by atoms with van der Waals surface area (Å²) in [6.45, 7) is 7.54. The minimum atomic E-state index is -0.989. The first kappa shape index (κ1) is 18.8. The maximum absolute atomic E-state index is 13.3. The predicted molar refractivity (Wildman–Crippen MR) is 102 cm³/mol. The number of rotatable bonds is 3. The second-order valence-corrected chi connectivity index (χ2v) is 10.7. The SMILES string of the molecule is CC1(C)S[C@@H]2[C@H](N3C(=O)C(C4=CCCCC4)NC3(C)C)C(=O)N2[C@H]1C(=O)O. The molecule has 0 bridgehead atoms. The number of β-lactam (4-membered cyclic amide) rings is 1. The molecule has 2 N–H and O–H groups in total. The minimum absolute atomic E-state index is 0.0664. The molecule has 27 heavy (non-hydrogen) atoms. The largest absolute Gasteiger partial charge is 0.480 e. The lowest BCUT2D eigenvalue weighted by molar-refractivity contribution is -0.170. The van der Waals surface area contributed by atoms with Crippen molar-refractivity contribution in [3.63, 3.8) is 0 Å². The van der Waals surface area contributed by atoms with E-state index < -0.39 is 28.5 Å². The molecule has 148 valence electrons. The molecule has 4 atom stereocenters. The van der Waals surface area contributed by atoms with Crippen molar-refractivity contribution >= 4 is 29.5 Å². The quantitative estimate of drug-likeness (QED) is 0.558. The number of hydrogen-bond acceptors (Lipinski definition) is 5. The Morgan fingerprint density at radius 2 is 1.93 bits per heavy atom. The molecule has 3 saturated heterocycles. The second kappa shape index (κ2) is 5.98. The molecule has 7 nitrogen and oxygen atoms in total. The molecule has 8 heteroatoms. The number of carbonyl (C=O) groups excluding carboxylic acids is 2. The molecule has 3 fully saturated rings. The van der Waals surface area contributed by atoms with Crippen molar-refractivity contribution < 1.29 is 19.5 Å². The smallest absolute Gasteiger partial charge is 0.327 e. The lowest BCUT2D eigenvalue weighted by atomic mass is 9.92. The van der Waals surface area contributed by atoms with Gasteiger partial charge in [-0.15, -0.1) is 11.8 Å². The fraction of sp³-hybridized carbons (Fsp3) is 0.737. The Morgan fingerprint density at radius 3 is 2.52 bits per heavy atom. The van der Waals surface area contributed by atoms with Crippen molar-refractivity contribution in [2.75, 3.05) is 0 Å². The maximum Gasteiger partial charge on any atom is 0.327 e. The first-order valence-electron chi connectivity index (χ1n) is 9.59. The van der Waals surface area contributed by atoms with Crippen molar-refractivity contribution in [2.45, 2.75) is 87.3 Å². The highest BCUT2D eigenvalue weighted by Crippen LogP contribution is 2.53. The summed E-state index contributed by atoms with van der Waals surface area (Å²) < 4.78 is -0.591. The number of carboxylic acids is 1. The van der Waals surface area contributed by atoms with Crippen LogP contribution >= 0.6 is 11.8 Å². The highest BCUT2D eigenvalue weighted by Gasteiger charge is 2.68. The van der Waals surface area contributed by atoms with Gasteiger partial charge >= 0.3 is 5.97 Å². The summed E-state index contributed by atoms with van der Waals surface area (Å²) in [7, 11) is 0. The molecule has 3 heterocycles. The van der Waals surface area contributed by atoms with E-state index in [2.05, 4.69) is 11.4 Å². The molecule has 0 aromatic heterocycles. The Kier molecular flexibility index (Phi) is 4.16. The number of fused-ring (bicyclic) bond motifs is 1. The van der Waals surface area contributed by atoms with Gasteiger partial charge in [-0.05, 0) is 59.0 Å². The molecule has 0 spiro atoms. The van der Waals surface area contributed by atoms with Gasteiger partial charge in [0.05, 0.1) is 5.66 Å². The Labute approximate surface area is 163 Å². The van der Waals surface area contributed by atoms with Gasteiger partial charge in [0.15, 0.2) is 0 Å². The number of thioether (sulfide) groups is 1. The number of amides is 2. The van der Waals surface area contributed by atoms with Crippen molar-refractivity contribution in [1.29, 1.82) is 0 Å². The van der Waals surface area contributed by atoms with E-state index in [0.29, 0.717) is 0 Å². The van der Waals surface area contributed by atoms with Crippen LogP contribution in [-0.2, 0) is 14.4 Å². The third kappa shape index (κ3) is 2.63. The Balaban J connectivity index is 1.62. The van der Waals surface area contributed by atoms with E-state index >= 15 is 0 Å². The van der Waals surface area contributed by atoms with E-state index in [4.69, 9.17) is 0 Å². The highest BCUT2D eigenvalue weighted by atomic mass is 32.2. The monoisotopic (exact) mass is 393 g/mol. The van der Waals surface area contributed by atoms with E-state index in [1.54, 1.807) is 4.90 Å². The van der Waals surface area contributed by atoms with Crippen LogP contribution in [-0.4, -0.2) is 66.6 Å². The van der Waals surface area contributed by atoms with Gasteiger partial charge in [0.25, 0.3) is 0 Å². The van der Waals surface area contributed by atoms with Gasteiger partial charge in [-0.2, -0.15) is 0 Å². The fourth-order valence-corrected chi connectivity index (χ4v) is 6.66. The molecule has 3 aliphatic heterocycles. The van der Waals surface area contributed by atoms with Crippen molar-refractivity contribution in [3.05, 3.63) is 11.6 Å². The summed E-state index contributed by atoms with van der Waals surface area (Å²) in [6, 6.07) is -1.85. The van der Waals surface area contributed by atoms with E-state index in [9.17, 15) is 19.5 Å². The van der Waals surface area contributed by atoms with Crippen molar-refractivity contribution in [3.8, 4) is 0 Å². The number of carboxylic acid groups (broad SMARTS) is 1. The van der Waals surface area contributed by atoms with Crippen LogP contribution in [0.4, 0.5) is 0 Å². The molecule has 0 aromatic carbocycles. The van der Waals surface area contributed by atoms with Gasteiger partial charge < -0.3 is 14.9 Å². The Hall–Kier alpha value is -1.54. The molecule has 0 aromatic rings. The van der Waals surface area contributed by atoms with Gasteiger partial charge in [-0.3, -0.25) is 14.9 Å². The van der Waals surface area contributed by atoms with Gasteiger partial charge in [0, 0.05) is 4.75 Å². The standard InChI is InChI=1S/C19H27N3O4S/c1-18(2)13(17(25)26)21-15(24)12(16(21)27-18)22-14(23)11(20-19(22,3)4)10-8-6-5-7-9-10/h8,11-13,16,20H,5-7,9H2,1-4H3,(H,25,26)/t11?,12-,13+,16-/m1/s1. The summed E-state index contributed by atoms with van der Waals surface area (Å²) >= 11 is 1.48. The molecule has 2 amide bonds. The third-order valence-corrected chi connectivity index (χ3v) is 7.76. The minimum Gasteiger partial charge on any atom is -0.480 e. The van der Waals surface area contributed by atoms with Crippen LogP contribution in [0.1, 0.15) is 53.4 Å². The molecule has 1 unspecified atom stereocenters. The van der Waals surface area contributed by atoms with Crippen molar-refractivity contribution in [1.82, 2.24) is 15.1 Å². The van der Waals surface area contributed by atoms with Gasteiger partial charge in [0.2, 0.25) is 11.8 Å². The Bertz CT molecular complexity index is 747. The molecule has 0 radical (unpaired) electrons. The summed E-state index contributed by atoms with van der Waals surface area (Å²) in [5.41, 5.74) is 0.464. The normalized spacial score (nSPS) is 37.1. The lowest BCUT2D eigenvalue weighted by Crippen LogP contribution is -2.73. The average Bonchev–Trinajstić information content (AvgIpc) is 2.98. The second-order valence-electron chi connectivity index (χ2n) is 8.91. The van der Waals surface area contributed by atoms with Crippen LogP contribution in [0.2, 0.25) is 0 Å². The van der Waals surface area contributed by atoms with E-state index in [1.807, 2.05) is 27.7 Å². The number of nitrogens with one attached hydrogen (secondary N) is 1. The number of hydrogen-bond donors (Lipinski definition) is 2. The van der Waals surface area contributed by atoms with Crippen LogP contribution in [0, 0.1) is 0 Å². The van der Waals surface area contributed by atoms with Gasteiger partial charge in [-0.25, -0.2) is 4.79 Å². The summed E-state index contributed by atoms with van der Waals surface area (Å²) in [5, 5.41) is 12.7. The molecule has 4 rings (SSSR count). The molecular formula is C19H27N3O4S. The summed E-state index contributed by atoms with van der Waals surface area (Å²) in [5.74, 6) is -1.31. The third-order valence-electron chi connectivity index (χ3n) is 6.21. The van der Waals surface area contributed by atoms with Gasteiger partial charge in [-0.1, -0.05) is 6.08 Å². The number of aliphatic carboxylic acids is 1. The molecule has 0 saturated carbocycles. The highest BCUT2D eigenvalue weighted by molar-refractivity contribution is 8.01. The van der Waals surface area contributed by atoms with E-state index in [0.717, 1.165) is 31.3 Å². The van der Waals surface area contributed by atoms with Crippen LogP contribution in [0.3, 0.4) is 0 Å².